The molecule has 1 N–H and O–H groups in total. The zero-order valence-corrected chi connectivity index (χ0v) is 21.1. The fraction of sp³-hybridized carbons (Fsp3) is 0.167. The van der Waals surface area contributed by atoms with Crippen molar-refractivity contribution in [1.82, 2.24) is 4.57 Å². The summed E-state index contributed by atoms with van der Waals surface area (Å²) in [4.78, 5) is 24.9. The number of aryl methyl sites for hydroxylation is 3. The molecule has 0 aliphatic heterocycles. The first-order valence-electron chi connectivity index (χ1n) is 10.3. The molecule has 0 fully saturated rings. The Bertz CT molecular complexity index is 1560. The van der Waals surface area contributed by atoms with Crippen LogP contribution in [0.3, 0.4) is 0 Å². The van der Waals surface area contributed by atoms with Crippen molar-refractivity contribution in [3.8, 4) is 0 Å². The summed E-state index contributed by atoms with van der Waals surface area (Å²) in [7, 11) is -2.36. The van der Waals surface area contributed by atoms with E-state index >= 15 is 0 Å². The molecule has 0 saturated heterocycles. The third kappa shape index (κ3) is 4.72. The van der Waals surface area contributed by atoms with E-state index in [0.29, 0.717) is 22.0 Å². The average Bonchev–Trinajstić information content (AvgIpc) is 3.05. The predicted molar refractivity (Wildman–Crippen MR) is 138 cm³/mol. The molecule has 7 nitrogen and oxygen atoms in total. The van der Waals surface area contributed by atoms with Crippen molar-refractivity contribution in [2.45, 2.75) is 18.7 Å². The minimum atomic E-state index is -4.04. The van der Waals surface area contributed by atoms with E-state index in [1.165, 1.54) is 16.7 Å². The van der Waals surface area contributed by atoms with Crippen LogP contribution in [0.15, 0.2) is 70.4 Å². The quantitative estimate of drug-likeness (QED) is 0.403. The highest BCUT2D eigenvalue weighted by Crippen LogP contribution is 2.29. The molecule has 0 atom stereocenters. The number of rotatable bonds is 6. The van der Waals surface area contributed by atoms with Gasteiger partial charge in [-0.05, 0) is 67.9 Å². The van der Waals surface area contributed by atoms with Gasteiger partial charge in [-0.25, -0.2) is 8.42 Å². The number of hydrogen-bond acceptors (Lipinski definition) is 5. The lowest BCUT2D eigenvalue weighted by Gasteiger charge is -2.26. The summed E-state index contributed by atoms with van der Waals surface area (Å²) in [5, 5.41) is 3.22. The number of nitrogens with zero attached hydrogens (tertiary/aromatic N) is 2. The molecule has 0 aliphatic carbocycles. The third-order valence-electron chi connectivity index (χ3n) is 5.40. The van der Waals surface area contributed by atoms with Crippen LogP contribution in [0.25, 0.3) is 10.2 Å². The van der Waals surface area contributed by atoms with Gasteiger partial charge in [-0.1, -0.05) is 40.6 Å². The minimum Gasteiger partial charge on any atom is -0.324 e. The number of hydrogen-bond donors (Lipinski definition) is 1. The number of thiazole rings is 1. The topological polar surface area (TPSA) is 88.5 Å². The van der Waals surface area contributed by atoms with Crippen molar-refractivity contribution in [2.75, 3.05) is 16.2 Å². The van der Waals surface area contributed by atoms with E-state index in [1.54, 1.807) is 62.5 Å². The number of fused-ring (bicyclic) bond motifs is 1. The van der Waals surface area contributed by atoms with Gasteiger partial charge in [0.05, 0.1) is 20.8 Å². The maximum Gasteiger partial charge on any atom is 0.307 e. The summed E-state index contributed by atoms with van der Waals surface area (Å²) in [5.74, 6) is -0.521. The first-order chi connectivity index (χ1) is 16.1. The maximum absolute atomic E-state index is 13.6. The molecule has 1 aromatic heterocycles. The Morgan fingerprint density at radius 3 is 2.44 bits per heavy atom. The summed E-state index contributed by atoms with van der Waals surface area (Å²) < 4.78 is 30.5. The van der Waals surface area contributed by atoms with Crippen molar-refractivity contribution in [3.63, 3.8) is 0 Å². The number of halogens is 1. The van der Waals surface area contributed by atoms with Gasteiger partial charge in [-0.15, -0.1) is 0 Å². The summed E-state index contributed by atoms with van der Waals surface area (Å²) in [5.41, 5.74) is 3.13. The van der Waals surface area contributed by atoms with E-state index < -0.39 is 22.5 Å². The number of nitrogens with one attached hydrogen (secondary N) is 1. The smallest absolute Gasteiger partial charge is 0.307 e. The highest BCUT2D eigenvalue weighted by atomic mass is 35.5. The molecular weight excluding hydrogens is 494 g/mol. The lowest BCUT2D eigenvalue weighted by Crippen LogP contribution is -2.38. The van der Waals surface area contributed by atoms with Crippen molar-refractivity contribution < 1.29 is 13.2 Å². The van der Waals surface area contributed by atoms with Gasteiger partial charge >= 0.3 is 4.87 Å². The Hall–Kier alpha value is -3.14. The van der Waals surface area contributed by atoms with Gasteiger partial charge in [0.1, 0.15) is 6.54 Å². The summed E-state index contributed by atoms with van der Waals surface area (Å²) in [6, 6.07) is 16.4. The average molecular weight is 516 g/mol. The molecule has 0 aliphatic rings. The van der Waals surface area contributed by atoms with E-state index in [0.717, 1.165) is 31.4 Å². The SMILES string of the molecule is Cc1ccc(S(=O)(=O)N(CC(=O)Nc2ccc3c(c2)sc(=O)n3C)c2ccc(Cl)cc2C)cc1. The van der Waals surface area contributed by atoms with E-state index in [2.05, 4.69) is 5.32 Å². The lowest BCUT2D eigenvalue weighted by atomic mass is 10.2. The lowest BCUT2D eigenvalue weighted by molar-refractivity contribution is -0.114. The normalized spacial score (nSPS) is 11.5. The predicted octanol–water partition coefficient (Wildman–Crippen LogP) is 4.70. The van der Waals surface area contributed by atoms with Gasteiger partial charge in [-0.3, -0.25) is 13.9 Å². The molecule has 0 spiro atoms. The number of amides is 1. The molecule has 1 amide bonds. The molecule has 1 heterocycles. The number of benzene rings is 3. The van der Waals surface area contributed by atoms with Gasteiger partial charge in [0.25, 0.3) is 10.0 Å². The second-order valence-electron chi connectivity index (χ2n) is 7.91. The molecule has 0 bridgehead atoms. The first kappa shape index (κ1) is 24.0. The zero-order chi connectivity index (χ0) is 24.6. The monoisotopic (exact) mass is 515 g/mol. The Labute approximate surface area is 206 Å². The number of carbonyl (C=O) groups is 1. The van der Waals surface area contributed by atoms with Crippen LogP contribution in [0.2, 0.25) is 5.02 Å². The van der Waals surface area contributed by atoms with Gasteiger partial charge in [0, 0.05) is 17.8 Å². The van der Waals surface area contributed by atoms with Gasteiger partial charge in [0.2, 0.25) is 5.91 Å². The maximum atomic E-state index is 13.6. The minimum absolute atomic E-state index is 0.0794. The van der Waals surface area contributed by atoms with Crippen LogP contribution in [0.5, 0.6) is 0 Å². The molecule has 4 aromatic rings. The Kier molecular flexibility index (Phi) is 6.53. The van der Waals surface area contributed by atoms with Gasteiger partial charge < -0.3 is 9.88 Å². The van der Waals surface area contributed by atoms with Gasteiger partial charge in [0.15, 0.2) is 0 Å². The van der Waals surface area contributed by atoms with Crippen LogP contribution >= 0.6 is 22.9 Å². The van der Waals surface area contributed by atoms with Crippen molar-refractivity contribution in [3.05, 3.63) is 86.5 Å². The molecule has 176 valence electrons. The Morgan fingerprint density at radius 1 is 1.06 bits per heavy atom. The van der Waals surface area contributed by atoms with Crippen LogP contribution in [-0.4, -0.2) is 25.4 Å². The van der Waals surface area contributed by atoms with Crippen molar-refractivity contribution in [1.29, 1.82) is 0 Å². The second-order valence-corrected chi connectivity index (χ2v) is 11.2. The van der Waals surface area contributed by atoms with E-state index in [9.17, 15) is 18.0 Å². The largest absolute Gasteiger partial charge is 0.324 e. The zero-order valence-electron chi connectivity index (χ0n) is 18.7. The van der Waals surface area contributed by atoms with E-state index in [1.807, 2.05) is 6.92 Å². The molecule has 0 unspecified atom stereocenters. The van der Waals surface area contributed by atoms with Crippen LogP contribution in [0.1, 0.15) is 11.1 Å². The van der Waals surface area contributed by atoms with E-state index in [4.69, 9.17) is 11.6 Å². The summed E-state index contributed by atoms with van der Waals surface area (Å²) in [6.45, 7) is 3.16. The molecule has 3 aromatic carbocycles. The van der Waals surface area contributed by atoms with Crippen molar-refractivity contribution in [2.24, 2.45) is 7.05 Å². The second kappa shape index (κ2) is 9.25. The number of sulfonamides is 1. The molecular formula is C24H22ClN3O4S2. The highest BCUT2D eigenvalue weighted by Gasteiger charge is 2.28. The van der Waals surface area contributed by atoms with Gasteiger partial charge in [-0.2, -0.15) is 0 Å². The molecule has 0 radical (unpaired) electrons. The Balaban J connectivity index is 1.68. The fourth-order valence-corrected chi connectivity index (χ4v) is 6.21. The van der Waals surface area contributed by atoms with Crippen LogP contribution in [-0.2, 0) is 21.9 Å². The Morgan fingerprint density at radius 2 is 1.76 bits per heavy atom. The highest BCUT2D eigenvalue weighted by molar-refractivity contribution is 7.92. The van der Waals surface area contributed by atoms with Crippen LogP contribution in [0, 0.1) is 13.8 Å². The summed E-state index contributed by atoms with van der Waals surface area (Å²) in [6.07, 6.45) is 0. The standard InChI is InChI=1S/C24H22ClN3O4S2/c1-15-4-8-19(9-5-15)34(31,32)28(20-10-6-17(25)12-16(20)2)14-23(29)26-18-7-11-21-22(13-18)33-24(30)27(21)3/h4-13H,14H2,1-3H3,(H,26,29). The molecule has 34 heavy (non-hydrogen) atoms. The summed E-state index contributed by atoms with van der Waals surface area (Å²) >= 11 is 7.15. The first-order valence-corrected chi connectivity index (χ1v) is 12.9. The fourth-order valence-electron chi connectivity index (χ4n) is 3.58. The number of carbonyl (C=O) groups excluding carboxylic acids is 1. The molecule has 10 heteroatoms. The van der Waals surface area contributed by atoms with Crippen molar-refractivity contribution >= 4 is 60.5 Å². The third-order valence-corrected chi connectivity index (χ3v) is 8.40. The number of anilines is 2. The van der Waals surface area contributed by atoms with E-state index in [-0.39, 0.29) is 9.77 Å². The molecule has 0 saturated carbocycles. The van der Waals surface area contributed by atoms with Crippen LogP contribution in [0.4, 0.5) is 11.4 Å². The van der Waals surface area contributed by atoms with Crippen LogP contribution < -0.4 is 14.5 Å². The number of aromatic nitrogens is 1. The molecule has 4 rings (SSSR count).